The third kappa shape index (κ3) is 2.16. The van der Waals surface area contributed by atoms with Gasteiger partial charge in [0.25, 0.3) is 5.56 Å². The second kappa shape index (κ2) is 5.25. The summed E-state index contributed by atoms with van der Waals surface area (Å²) in [5.74, 6) is 0.358. The Morgan fingerprint density at radius 3 is 2.67 bits per heavy atom. The van der Waals surface area contributed by atoms with E-state index in [-0.39, 0.29) is 0 Å². The zero-order chi connectivity index (χ0) is 17.0. The molecular weight excluding hydrogens is 353 g/mol. The highest BCUT2D eigenvalue weighted by Gasteiger charge is 2.34. The molecule has 0 amide bonds. The zero-order valence-corrected chi connectivity index (χ0v) is 13.8. The van der Waals surface area contributed by atoms with Crippen molar-refractivity contribution in [2.75, 3.05) is 5.32 Å². The number of nitrogens with one attached hydrogen (secondary N) is 4. The molecule has 0 saturated heterocycles. The lowest BCUT2D eigenvalue weighted by Crippen LogP contribution is -2.31. The molecule has 0 bridgehead atoms. The fraction of sp³-hybridized carbons (Fsp3) is 0.133. The standard InChI is InChI=1S/C15H11Cl2N5O2/c1-5-9-10(7-3-2-6(16)4-8(7)17)11-12(18-13(9)22-21-5)19-15(24)20-14(11)23/h2-4,10H,1H3,(H4,18,19,20,21,22,23,24)/t10-/m0/s1. The summed E-state index contributed by atoms with van der Waals surface area (Å²) >= 11 is 12.4. The molecule has 3 heterocycles. The van der Waals surface area contributed by atoms with Crippen molar-refractivity contribution >= 4 is 34.8 Å². The topological polar surface area (TPSA) is 106 Å². The van der Waals surface area contributed by atoms with Crippen molar-refractivity contribution in [2.24, 2.45) is 0 Å². The van der Waals surface area contributed by atoms with Gasteiger partial charge in [0.1, 0.15) is 5.82 Å². The van der Waals surface area contributed by atoms with E-state index in [1.807, 2.05) is 6.92 Å². The highest BCUT2D eigenvalue weighted by molar-refractivity contribution is 6.35. The third-order valence-corrected chi connectivity index (χ3v) is 4.63. The Bertz CT molecular complexity index is 1080. The predicted molar refractivity (Wildman–Crippen MR) is 91.7 cm³/mol. The van der Waals surface area contributed by atoms with Gasteiger partial charge in [0.05, 0.1) is 11.5 Å². The largest absolute Gasteiger partial charge is 0.327 e. The highest BCUT2D eigenvalue weighted by Crippen LogP contribution is 2.44. The number of benzene rings is 1. The molecule has 7 nitrogen and oxygen atoms in total. The Morgan fingerprint density at radius 2 is 1.92 bits per heavy atom. The molecular formula is C15H11Cl2N5O2. The van der Waals surface area contributed by atoms with E-state index in [1.165, 1.54) is 0 Å². The van der Waals surface area contributed by atoms with Crippen molar-refractivity contribution in [3.05, 3.63) is 71.5 Å². The molecule has 0 spiro atoms. The number of hydrogen-bond donors (Lipinski definition) is 4. The first-order valence-corrected chi connectivity index (χ1v) is 7.84. The van der Waals surface area contributed by atoms with Gasteiger partial charge in [-0.2, -0.15) is 5.10 Å². The first-order chi connectivity index (χ1) is 11.5. The van der Waals surface area contributed by atoms with E-state index in [4.69, 9.17) is 23.2 Å². The normalized spacial score (nSPS) is 15.5. The van der Waals surface area contributed by atoms with Gasteiger partial charge in [-0.15, -0.1) is 0 Å². The molecule has 4 N–H and O–H groups in total. The molecule has 0 aliphatic carbocycles. The van der Waals surface area contributed by atoms with Crippen molar-refractivity contribution in [1.82, 2.24) is 20.2 Å². The van der Waals surface area contributed by atoms with Gasteiger partial charge < -0.3 is 5.32 Å². The van der Waals surface area contributed by atoms with Crippen molar-refractivity contribution in [3.63, 3.8) is 0 Å². The maximum Gasteiger partial charge on any atom is 0.327 e. The minimum atomic E-state index is -0.595. The van der Waals surface area contributed by atoms with E-state index in [2.05, 4.69) is 25.5 Å². The Morgan fingerprint density at radius 1 is 1.12 bits per heavy atom. The van der Waals surface area contributed by atoms with Crippen LogP contribution in [0.25, 0.3) is 0 Å². The zero-order valence-electron chi connectivity index (χ0n) is 12.3. The van der Waals surface area contributed by atoms with Crippen molar-refractivity contribution in [1.29, 1.82) is 0 Å². The molecule has 1 aromatic carbocycles. The minimum absolute atomic E-state index is 0.304. The molecule has 0 fully saturated rings. The van der Waals surface area contributed by atoms with Crippen LogP contribution in [-0.4, -0.2) is 20.2 Å². The van der Waals surface area contributed by atoms with E-state index >= 15 is 0 Å². The average Bonchev–Trinajstić information content (AvgIpc) is 2.86. The van der Waals surface area contributed by atoms with Crippen LogP contribution in [0.1, 0.15) is 28.3 Å². The fourth-order valence-electron chi connectivity index (χ4n) is 3.07. The number of fused-ring (bicyclic) bond motifs is 2. The van der Waals surface area contributed by atoms with E-state index in [9.17, 15) is 9.59 Å². The summed E-state index contributed by atoms with van der Waals surface area (Å²) < 4.78 is 0. The summed E-state index contributed by atoms with van der Waals surface area (Å²) in [6, 6.07) is 5.10. The van der Waals surface area contributed by atoms with Crippen LogP contribution in [0.2, 0.25) is 10.0 Å². The molecule has 4 rings (SSSR count). The van der Waals surface area contributed by atoms with Crippen LogP contribution in [0, 0.1) is 6.92 Å². The van der Waals surface area contributed by atoms with E-state index in [0.29, 0.717) is 32.8 Å². The predicted octanol–water partition coefficient (Wildman–Crippen LogP) is 2.64. The number of nitrogens with zero attached hydrogens (tertiary/aromatic N) is 1. The van der Waals surface area contributed by atoms with Gasteiger partial charge in [-0.1, -0.05) is 29.3 Å². The molecule has 0 unspecified atom stereocenters. The van der Waals surface area contributed by atoms with Gasteiger partial charge in [-0.25, -0.2) is 4.79 Å². The Labute approximate surface area is 145 Å². The summed E-state index contributed by atoms with van der Waals surface area (Å²) in [6.45, 7) is 1.86. The summed E-state index contributed by atoms with van der Waals surface area (Å²) in [6.07, 6.45) is 0. The number of aromatic amines is 3. The molecule has 1 atom stereocenters. The Hall–Kier alpha value is -2.51. The smallest absolute Gasteiger partial charge is 0.324 e. The Balaban J connectivity index is 2.08. The number of halogens is 2. The molecule has 1 aliphatic rings. The quantitative estimate of drug-likeness (QED) is 0.417. The molecule has 122 valence electrons. The highest BCUT2D eigenvalue weighted by atomic mass is 35.5. The van der Waals surface area contributed by atoms with Gasteiger partial charge in [0.2, 0.25) is 0 Å². The van der Waals surface area contributed by atoms with Crippen LogP contribution < -0.4 is 16.6 Å². The van der Waals surface area contributed by atoms with Gasteiger partial charge in [0.15, 0.2) is 5.82 Å². The fourth-order valence-corrected chi connectivity index (χ4v) is 3.58. The summed E-state index contributed by atoms with van der Waals surface area (Å²) in [4.78, 5) is 29.0. The lowest BCUT2D eigenvalue weighted by molar-refractivity contribution is 0.881. The van der Waals surface area contributed by atoms with Crippen LogP contribution in [-0.2, 0) is 0 Å². The number of aromatic nitrogens is 4. The van der Waals surface area contributed by atoms with E-state index in [0.717, 1.165) is 11.3 Å². The van der Waals surface area contributed by atoms with Gasteiger partial charge in [-0.05, 0) is 24.6 Å². The second-order valence-corrected chi connectivity index (χ2v) is 6.38. The SMILES string of the molecule is Cc1[nH]nc2c1[C@H](c1ccc(Cl)cc1Cl)c1c([nH]c(=O)[nH]c1=O)N2. The molecule has 3 aromatic rings. The first-order valence-electron chi connectivity index (χ1n) is 7.09. The number of aryl methyl sites for hydroxylation is 1. The summed E-state index contributed by atoms with van der Waals surface area (Å²) in [5.41, 5.74) is 1.59. The molecule has 9 heteroatoms. The minimum Gasteiger partial charge on any atom is -0.324 e. The van der Waals surface area contributed by atoms with Crippen molar-refractivity contribution < 1.29 is 0 Å². The van der Waals surface area contributed by atoms with Crippen molar-refractivity contribution in [3.8, 4) is 0 Å². The lowest BCUT2D eigenvalue weighted by Gasteiger charge is -2.26. The number of rotatable bonds is 1. The number of H-pyrrole nitrogens is 3. The molecule has 24 heavy (non-hydrogen) atoms. The Kier molecular flexibility index (Phi) is 3.29. The summed E-state index contributed by atoms with van der Waals surface area (Å²) in [5, 5.41) is 11.0. The molecule has 1 aliphatic heterocycles. The first kappa shape index (κ1) is 15.0. The van der Waals surface area contributed by atoms with Crippen LogP contribution in [0.3, 0.4) is 0 Å². The molecule has 0 saturated carbocycles. The third-order valence-electron chi connectivity index (χ3n) is 4.07. The second-order valence-electron chi connectivity index (χ2n) is 5.53. The van der Waals surface area contributed by atoms with Crippen LogP contribution in [0.5, 0.6) is 0 Å². The van der Waals surface area contributed by atoms with Gasteiger partial charge in [0, 0.05) is 21.3 Å². The lowest BCUT2D eigenvalue weighted by atomic mass is 9.83. The van der Waals surface area contributed by atoms with E-state index < -0.39 is 17.2 Å². The van der Waals surface area contributed by atoms with Crippen LogP contribution >= 0.6 is 23.2 Å². The number of anilines is 2. The van der Waals surface area contributed by atoms with E-state index in [1.54, 1.807) is 18.2 Å². The van der Waals surface area contributed by atoms with Crippen molar-refractivity contribution in [2.45, 2.75) is 12.8 Å². The van der Waals surface area contributed by atoms with Crippen LogP contribution in [0.4, 0.5) is 11.6 Å². The molecule has 0 radical (unpaired) electrons. The monoisotopic (exact) mass is 363 g/mol. The number of hydrogen-bond acceptors (Lipinski definition) is 4. The average molecular weight is 364 g/mol. The maximum absolute atomic E-state index is 12.5. The van der Waals surface area contributed by atoms with Gasteiger partial charge >= 0.3 is 5.69 Å². The van der Waals surface area contributed by atoms with Crippen LogP contribution in [0.15, 0.2) is 27.8 Å². The maximum atomic E-state index is 12.5. The molecule has 2 aromatic heterocycles. The summed E-state index contributed by atoms with van der Waals surface area (Å²) in [7, 11) is 0. The van der Waals surface area contributed by atoms with Gasteiger partial charge in [-0.3, -0.25) is 19.9 Å².